The minimum absolute atomic E-state index is 0.0730. The van der Waals surface area contributed by atoms with Gasteiger partial charge in [0.2, 0.25) is 0 Å². The van der Waals surface area contributed by atoms with Gasteiger partial charge in [0.05, 0.1) is 17.7 Å². The van der Waals surface area contributed by atoms with E-state index in [4.69, 9.17) is 4.74 Å². The zero-order chi connectivity index (χ0) is 20.1. The Balaban J connectivity index is 1.69. The first kappa shape index (κ1) is 19.3. The van der Waals surface area contributed by atoms with E-state index in [0.717, 1.165) is 16.3 Å². The van der Waals surface area contributed by atoms with E-state index < -0.39 is 4.92 Å². The number of methoxy groups -OCH3 is 1. The number of benzene rings is 3. The Morgan fingerprint density at radius 2 is 1.93 bits per heavy atom. The molecule has 0 fully saturated rings. The molecule has 1 atom stereocenters. The molecule has 0 spiro atoms. The molecule has 0 aromatic heterocycles. The molecule has 0 bridgehead atoms. The number of quaternary nitrogens is 1. The van der Waals surface area contributed by atoms with Gasteiger partial charge < -0.3 is 15.4 Å². The van der Waals surface area contributed by atoms with Crippen LogP contribution in [-0.2, 0) is 4.79 Å². The third-order valence-electron chi connectivity index (χ3n) is 4.64. The van der Waals surface area contributed by atoms with E-state index >= 15 is 0 Å². The van der Waals surface area contributed by atoms with Crippen LogP contribution in [-0.4, -0.2) is 24.5 Å². The standard InChI is InChI=1S/C21H21N3O4/c1-14(17-9-5-7-15-6-3-4-8-18(15)17)22-13-21(25)23-19-12-16(24(26)27)10-11-20(19)28-2/h3-12,14,22H,13H2,1-2H3,(H,23,25)/p+1/t14-/m0/s1. The molecule has 0 radical (unpaired) electrons. The van der Waals surface area contributed by atoms with Crippen LogP contribution in [0.2, 0.25) is 0 Å². The van der Waals surface area contributed by atoms with Gasteiger partial charge in [-0.25, -0.2) is 0 Å². The molecule has 0 saturated carbocycles. The van der Waals surface area contributed by atoms with Crippen LogP contribution in [0.3, 0.4) is 0 Å². The first-order valence-corrected chi connectivity index (χ1v) is 8.93. The van der Waals surface area contributed by atoms with E-state index in [0.29, 0.717) is 5.75 Å². The van der Waals surface area contributed by atoms with Crippen molar-refractivity contribution in [2.75, 3.05) is 19.0 Å². The van der Waals surface area contributed by atoms with Gasteiger partial charge in [0.25, 0.3) is 11.6 Å². The lowest BCUT2D eigenvalue weighted by Crippen LogP contribution is -2.86. The topological polar surface area (TPSA) is 98.1 Å². The van der Waals surface area contributed by atoms with Crippen molar-refractivity contribution in [3.8, 4) is 5.75 Å². The maximum atomic E-state index is 12.4. The highest BCUT2D eigenvalue weighted by Gasteiger charge is 2.17. The number of hydrogen-bond acceptors (Lipinski definition) is 4. The number of fused-ring (bicyclic) bond motifs is 1. The Bertz CT molecular complexity index is 1010. The molecule has 7 heteroatoms. The number of anilines is 1. The molecule has 3 N–H and O–H groups in total. The van der Waals surface area contributed by atoms with Gasteiger partial charge in [-0.2, -0.15) is 0 Å². The summed E-state index contributed by atoms with van der Waals surface area (Å²) in [7, 11) is 1.45. The number of nitro benzene ring substituents is 1. The molecule has 3 aromatic carbocycles. The van der Waals surface area contributed by atoms with Crippen LogP contribution >= 0.6 is 0 Å². The third-order valence-corrected chi connectivity index (χ3v) is 4.64. The average molecular weight is 380 g/mol. The summed E-state index contributed by atoms with van der Waals surface area (Å²) in [5, 5.41) is 17.9. The molecular formula is C21H22N3O4+. The van der Waals surface area contributed by atoms with Gasteiger partial charge in [-0.1, -0.05) is 42.5 Å². The zero-order valence-electron chi connectivity index (χ0n) is 15.7. The monoisotopic (exact) mass is 380 g/mol. The average Bonchev–Trinajstić information content (AvgIpc) is 2.71. The minimum atomic E-state index is -0.510. The summed E-state index contributed by atoms with van der Waals surface area (Å²) in [6, 6.07) is 18.4. The second-order valence-corrected chi connectivity index (χ2v) is 6.49. The van der Waals surface area contributed by atoms with E-state index in [9.17, 15) is 14.9 Å². The lowest BCUT2D eigenvalue weighted by atomic mass is 10.00. The number of ether oxygens (including phenoxy) is 1. The summed E-state index contributed by atoms with van der Waals surface area (Å²) >= 11 is 0. The number of carbonyl (C=O) groups is 1. The number of nitrogens with one attached hydrogen (secondary N) is 1. The number of nitrogens with zero attached hydrogens (tertiary/aromatic N) is 1. The third kappa shape index (κ3) is 4.27. The lowest BCUT2D eigenvalue weighted by Gasteiger charge is -2.14. The normalized spacial score (nSPS) is 11.8. The maximum absolute atomic E-state index is 12.4. The van der Waals surface area contributed by atoms with Crippen molar-refractivity contribution in [3.05, 3.63) is 76.3 Å². The van der Waals surface area contributed by atoms with Gasteiger partial charge in [-0.3, -0.25) is 14.9 Å². The van der Waals surface area contributed by atoms with Gasteiger partial charge in [-0.05, 0) is 23.8 Å². The van der Waals surface area contributed by atoms with Crippen LogP contribution < -0.4 is 15.4 Å². The Morgan fingerprint density at radius 1 is 1.18 bits per heavy atom. The summed E-state index contributed by atoms with van der Waals surface area (Å²) in [6.07, 6.45) is 0. The van der Waals surface area contributed by atoms with Crippen LogP contribution in [0, 0.1) is 10.1 Å². The smallest absolute Gasteiger partial charge is 0.279 e. The Kier molecular flexibility index (Phi) is 5.86. The fraction of sp³-hybridized carbons (Fsp3) is 0.190. The second-order valence-electron chi connectivity index (χ2n) is 6.49. The maximum Gasteiger partial charge on any atom is 0.279 e. The van der Waals surface area contributed by atoms with Crippen LogP contribution in [0.15, 0.2) is 60.7 Å². The first-order chi connectivity index (χ1) is 13.5. The number of amides is 1. The summed E-state index contributed by atoms with van der Waals surface area (Å²) in [4.78, 5) is 22.8. The number of rotatable bonds is 7. The molecule has 3 aromatic rings. The van der Waals surface area contributed by atoms with Crippen molar-refractivity contribution >= 4 is 28.1 Å². The molecule has 0 unspecified atom stereocenters. The molecule has 1 amide bonds. The Labute approximate surface area is 162 Å². The van der Waals surface area contributed by atoms with Crippen LogP contribution in [0.1, 0.15) is 18.5 Å². The van der Waals surface area contributed by atoms with E-state index in [1.54, 1.807) is 0 Å². The Morgan fingerprint density at radius 3 is 2.68 bits per heavy atom. The molecule has 7 nitrogen and oxygen atoms in total. The van der Waals surface area contributed by atoms with Crippen molar-refractivity contribution in [2.45, 2.75) is 13.0 Å². The van der Waals surface area contributed by atoms with Crippen LogP contribution in [0.4, 0.5) is 11.4 Å². The van der Waals surface area contributed by atoms with E-state index in [-0.39, 0.29) is 29.9 Å². The van der Waals surface area contributed by atoms with Gasteiger partial charge in [0.1, 0.15) is 11.8 Å². The first-order valence-electron chi connectivity index (χ1n) is 8.93. The Hall–Kier alpha value is -3.45. The molecule has 0 aliphatic heterocycles. The lowest BCUT2D eigenvalue weighted by molar-refractivity contribution is -0.682. The van der Waals surface area contributed by atoms with Gasteiger partial charge >= 0.3 is 0 Å². The van der Waals surface area contributed by atoms with Crippen molar-refractivity contribution in [1.82, 2.24) is 0 Å². The summed E-state index contributed by atoms with van der Waals surface area (Å²) < 4.78 is 5.18. The molecule has 0 aliphatic rings. The number of nitro groups is 1. The summed E-state index contributed by atoms with van der Waals surface area (Å²) in [6.45, 7) is 2.22. The quantitative estimate of drug-likeness (QED) is 0.486. The predicted octanol–water partition coefficient (Wildman–Crippen LogP) is 3.02. The minimum Gasteiger partial charge on any atom is -0.495 e. The second kappa shape index (κ2) is 8.49. The van der Waals surface area contributed by atoms with Crippen molar-refractivity contribution in [2.24, 2.45) is 0 Å². The van der Waals surface area contributed by atoms with Crippen LogP contribution in [0.25, 0.3) is 10.8 Å². The van der Waals surface area contributed by atoms with E-state index in [2.05, 4.69) is 29.6 Å². The van der Waals surface area contributed by atoms with Gasteiger partial charge in [-0.15, -0.1) is 0 Å². The molecule has 0 saturated heterocycles. The number of hydrogen-bond donors (Lipinski definition) is 2. The fourth-order valence-corrected chi connectivity index (χ4v) is 3.17. The highest BCUT2D eigenvalue weighted by molar-refractivity contribution is 5.93. The van der Waals surface area contributed by atoms with E-state index in [1.807, 2.05) is 30.4 Å². The SMILES string of the molecule is COc1ccc([N+](=O)[O-])cc1NC(=O)C[NH2+][C@@H](C)c1cccc2ccccc12. The van der Waals surface area contributed by atoms with Gasteiger partial charge in [0, 0.05) is 17.7 Å². The van der Waals surface area contributed by atoms with Crippen LogP contribution in [0.5, 0.6) is 5.75 Å². The van der Waals surface area contributed by atoms with Crippen molar-refractivity contribution in [3.63, 3.8) is 0 Å². The molecule has 0 aliphatic carbocycles. The molecule has 144 valence electrons. The zero-order valence-corrected chi connectivity index (χ0v) is 15.7. The highest BCUT2D eigenvalue weighted by atomic mass is 16.6. The number of carbonyl (C=O) groups excluding carboxylic acids is 1. The predicted molar refractivity (Wildman–Crippen MR) is 107 cm³/mol. The van der Waals surface area contributed by atoms with Gasteiger partial charge in [0.15, 0.2) is 6.54 Å². The molecule has 28 heavy (non-hydrogen) atoms. The van der Waals surface area contributed by atoms with Crippen molar-refractivity contribution < 1.29 is 19.8 Å². The number of non-ortho nitro benzene ring substituents is 1. The fourth-order valence-electron chi connectivity index (χ4n) is 3.17. The largest absolute Gasteiger partial charge is 0.495 e. The highest BCUT2D eigenvalue weighted by Crippen LogP contribution is 2.28. The van der Waals surface area contributed by atoms with E-state index in [1.165, 1.54) is 25.3 Å². The molecule has 0 heterocycles. The number of nitrogens with two attached hydrogens (primary N) is 1. The molecule has 3 rings (SSSR count). The molecular weight excluding hydrogens is 358 g/mol. The summed E-state index contributed by atoms with van der Waals surface area (Å²) in [5.41, 5.74) is 1.33. The summed E-state index contributed by atoms with van der Waals surface area (Å²) in [5.74, 6) is 0.118. The van der Waals surface area contributed by atoms with Crippen molar-refractivity contribution in [1.29, 1.82) is 0 Å².